The van der Waals surface area contributed by atoms with Crippen LogP contribution in [-0.4, -0.2) is 18.0 Å². The van der Waals surface area contributed by atoms with Crippen molar-refractivity contribution in [3.63, 3.8) is 0 Å². The molecular weight excluding hydrogens is 344 g/mol. The molecule has 0 rings (SSSR count). The van der Waals surface area contributed by atoms with Crippen molar-refractivity contribution in [1.82, 2.24) is 0 Å². The molecule has 2 nitrogen and oxygen atoms in total. The van der Waals surface area contributed by atoms with Crippen molar-refractivity contribution in [3.05, 3.63) is 12.7 Å². The highest BCUT2D eigenvalue weighted by Crippen LogP contribution is 2.06. The third-order valence-electron chi connectivity index (χ3n) is 4.70. The van der Waals surface area contributed by atoms with Crippen LogP contribution >= 0.6 is 0 Å². The van der Waals surface area contributed by atoms with E-state index < -0.39 is 0 Å². The summed E-state index contributed by atoms with van der Waals surface area (Å²) in [5.41, 5.74) is 0. The van der Waals surface area contributed by atoms with E-state index in [1.165, 1.54) is 103 Å². The van der Waals surface area contributed by atoms with Crippen LogP contribution in [0.2, 0.25) is 0 Å². The first-order valence-electron chi connectivity index (χ1n) is 12.4. The van der Waals surface area contributed by atoms with Gasteiger partial charge in [-0.05, 0) is 25.7 Å². The van der Waals surface area contributed by atoms with E-state index in [0.717, 1.165) is 25.5 Å². The van der Waals surface area contributed by atoms with Crippen LogP contribution in [0, 0.1) is 0 Å². The van der Waals surface area contributed by atoms with Gasteiger partial charge >= 0.3 is 0 Å². The van der Waals surface area contributed by atoms with Gasteiger partial charge in [-0.25, -0.2) is 0 Å². The molecule has 28 heavy (non-hydrogen) atoms. The molecule has 0 aromatic carbocycles. The highest BCUT2D eigenvalue weighted by Gasteiger charge is 1.88. The van der Waals surface area contributed by atoms with Crippen LogP contribution in [0.3, 0.4) is 0 Å². The Kier molecular flexibility index (Phi) is 42.5. The van der Waals surface area contributed by atoms with Crippen molar-refractivity contribution in [2.45, 2.75) is 143 Å². The zero-order chi connectivity index (χ0) is 21.6. The fourth-order valence-electron chi connectivity index (χ4n) is 2.79. The van der Waals surface area contributed by atoms with Gasteiger partial charge in [0.05, 0.1) is 0 Å². The summed E-state index contributed by atoms with van der Waals surface area (Å²) in [7, 11) is 0. The van der Waals surface area contributed by atoms with E-state index in [1.807, 2.05) is 6.08 Å². The Bertz CT molecular complexity index is 243. The Morgan fingerprint density at radius 1 is 0.571 bits per heavy atom. The van der Waals surface area contributed by atoms with Crippen molar-refractivity contribution >= 4 is 6.29 Å². The molecule has 0 unspecified atom stereocenters. The average molecular weight is 399 g/mol. The van der Waals surface area contributed by atoms with Gasteiger partial charge in [0.2, 0.25) is 0 Å². The summed E-state index contributed by atoms with van der Waals surface area (Å²) in [5, 5.41) is 8.47. The van der Waals surface area contributed by atoms with Crippen LogP contribution in [0.25, 0.3) is 0 Å². The number of allylic oxidation sites excluding steroid dienone is 1. The molecule has 0 saturated heterocycles. The van der Waals surface area contributed by atoms with Crippen molar-refractivity contribution in [1.29, 1.82) is 0 Å². The minimum Gasteiger partial charge on any atom is -0.396 e. The van der Waals surface area contributed by atoms with Crippen LogP contribution in [0.4, 0.5) is 0 Å². The van der Waals surface area contributed by atoms with Gasteiger partial charge in [-0.15, -0.1) is 6.58 Å². The molecule has 0 radical (unpaired) electrons. The Labute approximate surface area is 178 Å². The van der Waals surface area contributed by atoms with Crippen LogP contribution in [0.15, 0.2) is 12.7 Å². The van der Waals surface area contributed by atoms with Gasteiger partial charge < -0.3 is 9.90 Å². The average Bonchev–Trinajstić information content (AvgIpc) is 2.72. The third kappa shape index (κ3) is 44.6. The first kappa shape index (κ1) is 32.0. The first-order chi connectivity index (χ1) is 13.7. The molecule has 0 spiro atoms. The highest BCUT2D eigenvalue weighted by molar-refractivity contribution is 5.48. The molecule has 0 saturated carbocycles. The third-order valence-corrected chi connectivity index (χ3v) is 4.70. The number of rotatable bonds is 19. The van der Waals surface area contributed by atoms with E-state index in [4.69, 9.17) is 5.11 Å². The van der Waals surface area contributed by atoms with E-state index in [0.29, 0.717) is 6.61 Å². The Morgan fingerprint density at radius 3 is 1.32 bits per heavy atom. The van der Waals surface area contributed by atoms with Gasteiger partial charge in [-0.1, -0.05) is 117 Å². The molecule has 0 aliphatic carbocycles. The largest absolute Gasteiger partial charge is 0.396 e. The van der Waals surface area contributed by atoms with Gasteiger partial charge in [-0.3, -0.25) is 0 Å². The molecule has 170 valence electrons. The van der Waals surface area contributed by atoms with Crippen molar-refractivity contribution in [3.8, 4) is 0 Å². The van der Waals surface area contributed by atoms with Crippen LogP contribution in [-0.2, 0) is 4.79 Å². The van der Waals surface area contributed by atoms with Crippen LogP contribution in [0.1, 0.15) is 143 Å². The number of aliphatic hydroxyl groups is 1. The number of unbranched alkanes of at least 4 members (excludes halogenated alkanes) is 16. The van der Waals surface area contributed by atoms with Crippen molar-refractivity contribution < 1.29 is 9.90 Å². The molecule has 0 amide bonds. The summed E-state index contributed by atoms with van der Waals surface area (Å²) < 4.78 is 0. The Balaban J connectivity index is -0.000000337. The lowest BCUT2D eigenvalue weighted by Crippen LogP contribution is -1.83. The summed E-state index contributed by atoms with van der Waals surface area (Å²) in [5.74, 6) is 0. The van der Waals surface area contributed by atoms with Gasteiger partial charge in [0.15, 0.2) is 0 Å². The van der Waals surface area contributed by atoms with E-state index in [1.54, 1.807) is 0 Å². The first-order valence-corrected chi connectivity index (χ1v) is 12.4. The van der Waals surface area contributed by atoms with Gasteiger partial charge in [0.25, 0.3) is 0 Å². The molecule has 0 aliphatic rings. The number of carbonyl (C=O) groups is 1. The minimum atomic E-state index is 0.369. The predicted octanol–water partition coefficient (Wildman–Crippen LogP) is 8.81. The van der Waals surface area contributed by atoms with Gasteiger partial charge in [0, 0.05) is 13.0 Å². The fourth-order valence-corrected chi connectivity index (χ4v) is 2.79. The zero-order valence-corrected chi connectivity index (χ0v) is 19.9. The minimum absolute atomic E-state index is 0.369. The normalized spacial score (nSPS) is 9.71. The molecule has 1 N–H and O–H groups in total. The number of hydrogen-bond acceptors (Lipinski definition) is 2. The molecule has 0 fully saturated rings. The number of carbonyl (C=O) groups excluding carboxylic acids is 1. The molecule has 2 heteroatoms. The lowest BCUT2D eigenvalue weighted by molar-refractivity contribution is -0.107. The monoisotopic (exact) mass is 398 g/mol. The molecule has 0 aromatic heterocycles. The summed E-state index contributed by atoms with van der Waals surface area (Å²) >= 11 is 0. The maximum absolute atomic E-state index is 9.89. The van der Waals surface area contributed by atoms with E-state index >= 15 is 0 Å². The number of hydrogen-bond donors (Lipinski definition) is 1. The fraction of sp³-hybridized carbons (Fsp3) is 0.885. The van der Waals surface area contributed by atoms with E-state index in [9.17, 15) is 4.79 Å². The summed E-state index contributed by atoms with van der Waals surface area (Å²) in [6.45, 7) is 10.7. The molecule has 0 aliphatic heterocycles. The summed E-state index contributed by atoms with van der Waals surface area (Å²) in [6.07, 6.45) is 26.9. The Hall–Kier alpha value is -0.630. The standard InChI is InChI=1S/C9H20O.C9H18O.C8H16/c2*1-2-3-4-5-6-7-8-9-10;1-3-5-7-8-6-4-2/h10H,2-9H2,1H3;9H,2-8H2,1H3;3H,1,4-8H2,2H3. The predicted molar refractivity (Wildman–Crippen MR) is 128 cm³/mol. The lowest BCUT2D eigenvalue weighted by atomic mass is 10.1. The molecular formula is C26H54O2. The van der Waals surface area contributed by atoms with Crippen molar-refractivity contribution in [2.75, 3.05) is 6.61 Å². The molecule has 0 bridgehead atoms. The zero-order valence-electron chi connectivity index (χ0n) is 19.9. The number of aldehydes is 1. The second-order valence-corrected chi connectivity index (χ2v) is 7.71. The van der Waals surface area contributed by atoms with Crippen LogP contribution < -0.4 is 0 Å². The molecule has 0 atom stereocenters. The summed E-state index contributed by atoms with van der Waals surface area (Å²) in [4.78, 5) is 9.89. The van der Waals surface area contributed by atoms with E-state index in [-0.39, 0.29) is 0 Å². The number of aliphatic hydroxyl groups excluding tert-OH is 1. The van der Waals surface area contributed by atoms with Crippen molar-refractivity contribution in [2.24, 2.45) is 0 Å². The quantitative estimate of drug-likeness (QED) is 0.134. The lowest BCUT2D eigenvalue weighted by Gasteiger charge is -1.97. The van der Waals surface area contributed by atoms with Gasteiger partial charge in [-0.2, -0.15) is 0 Å². The second-order valence-electron chi connectivity index (χ2n) is 7.71. The molecule has 0 aromatic rings. The molecule has 0 heterocycles. The van der Waals surface area contributed by atoms with Crippen LogP contribution in [0.5, 0.6) is 0 Å². The topological polar surface area (TPSA) is 37.3 Å². The Morgan fingerprint density at radius 2 is 0.929 bits per heavy atom. The SMILES string of the molecule is C=CCCCCCC.CCCCCCCCC=O.CCCCCCCCCO. The second kappa shape index (κ2) is 37.2. The highest BCUT2D eigenvalue weighted by atomic mass is 16.2. The van der Waals surface area contributed by atoms with Gasteiger partial charge in [0.1, 0.15) is 6.29 Å². The maximum Gasteiger partial charge on any atom is 0.119 e. The summed E-state index contributed by atoms with van der Waals surface area (Å²) in [6, 6.07) is 0. The smallest absolute Gasteiger partial charge is 0.119 e. The maximum atomic E-state index is 9.89. The van der Waals surface area contributed by atoms with E-state index in [2.05, 4.69) is 27.4 Å².